The van der Waals surface area contributed by atoms with E-state index in [2.05, 4.69) is 11.2 Å². The molecule has 0 bridgehead atoms. The second-order valence-corrected chi connectivity index (χ2v) is 2.91. The van der Waals surface area contributed by atoms with Gasteiger partial charge in [-0.3, -0.25) is 10.1 Å². The van der Waals surface area contributed by atoms with E-state index in [-0.39, 0.29) is 13.0 Å². The number of carbonyl (C=O) groups is 3. The van der Waals surface area contributed by atoms with Crippen LogP contribution >= 0.6 is 0 Å². The lowest BCUT2D eigenvalue weighted by Crippen LogP contribution is -2.54. The fourth-order valence-corrected chi connectivity index (χ4v) is 1.24. The van der Waals surface area contributed by atoms with Gasteiger partial charge in [0.15, 0.2) is 0 Å². The van der Waals surface area contributed by atoms with Crippen LogP contribution in [0.5, 0.6) is 0 Å². The molecular formula is C9H10N2O4. The molecule has 1 unspecified atom stereocenters. The molecule has 80 valence electrons. The van der Waals surface area contributed by atoms with E-state index in [0.717, 1.165) is 0 Å². The Balaban J connectivity index is 2.99. The average molecular weight is 210 g/mol. The highest BCUT2D eigenvalue weighted by Gasteiger charge is 2.53. The van der Waals surface area contributed by atoms with Crippen molar-refractivity contribution in [2.75, 3.05) is 6.61 Å². The zero-order chi connectivity index (χ0) is 11.5. The van der Waals surface area contributed by atoms with Crippen molar-refractivity contribution >= 4 is 17.9 Å². The minimum absolute atomic E-state index is 0.105. The molecule has 2 N–H and O–H groups in total. The smallest absolute Gasteiger partial charge is 0.342 e. The van der Waals surface area contributed by atoms with E-state index in [1.54, 1.807) is 6.92 Å². The highest BCUT2D eigenvalue weighted by atomic mass is 16.5. The van der Waals surface area contributed by atoms with E-state index < -0.39 is 23.4 Å². The van der Waals surface area contributed by atoms with Crippen LogP contribution in [0.3, 0.4) is 0 Å². The molecule has 1 fully saturated rings. The summed E-state index contributed by atoms with van der Waals surface area (Å²) in [6, 6.07) is -0.747. The summed E-state index contributed by atoms with van der Waals surface area (Å²) in [6.45, 7) is 1.70. The van der Waals surface area contributed by atoms with Gasteiger partial charge in [-0.15, -0.1) is 12.3 Å². The summed E-state index contributed by atoms with van der Waals surface area (Å²) in [6.07, 6.45) is 4.81. The van der Waals surface area contributed by atoms with Gasteiger partial charge >= 0.3 is 12.0 Å². The van der Waals surface area contributed by atoms with Gasteiger partial charge in [-0.05, 0) is 6.92 Å². The quantitative estimate of drug-likeness (QED) is 0.275. The first-order chi connectivity index (χ1) is 7.06. The number of ether oxygens (including phenoxy) is 1. The molecule has 0 radical (unpaired) electrons. The highest BCUT2D eigenvalue weighted by Crippen LogP contribution is 2.17. The van der Waals surface area contributed by atoms with E-state index in [0.29, 0.717) is 0 Å². The Kier molecular flexibility index (Phi) is 2.95. The maximum Gasteiger partial charge on any atom is 0.342 e. The van der Waals surface area contributed by atoms with Crippen LogP contribution < -0.4 is 10.6 Å². The molecule has 3 amide bonds. The fourth-order valence-electron chi connectivity index (χ4n) is 1.24. The van der Waals surface area contributed by atoms with Gasteiger partial charge < -0.3 is 10.1 Å². The van der Waals surface area contributed by atoms with E-state index in [1.165, 1.54) is 0 Å². The lowest BCUT2D eigenvalue weighted by Gasteiger charge is -2.20. The van der Waals surface area contributed by atoms with E-state index in [1.807, 2.05) is 5.32 Å². The van der Waals surface area contributed by atoms with Gasteiger partial charge in [0.2, 0.25) is 5.54 Å². The zero-order valence-corrected chi connectivity index (χ0v) is 8.12. The number of hydrogen-bond donors (Lipinski definition) is 2. The van der Waals surface area contributed by atoms with Crippen molar-refractivity contribution in [3.05, 3.63) is 0 Å². The topological polar surface area (TPSA) is 84.5 Å². The third-order valence-corrected chi connectivity index (χ3v) is 1.93. The van der Waals surface area contributed by atoms with Crippen molar-refractivity contribution in [3.8, 4) is 12.3 Å². The maximum atomic E-state index is 11.5. The van der Waals surface area contributed by atoms with Crippen LogP contribution in [0.1, 0.15) is 13.3 Å². The Hall–Kier alpha value is -2.03. The number of urea groups is 1. The molecule has 1 saturated heterocycles. The SMILES string of the molecule is C#CCC1(C(=O)OCC)NC(=O)NC1=O. The van der Waals surface area contributed by atoms with Gasteiger partial charge in [0.05, 0.1) is 13.0 Å². The Morgan fingerprint density at radius 1 is 1.60 bits per heavy atom. The molecule has 0 aliphatic carbocycles. The molecule has 1 rings (SSSR count). The van der Waals surface area contributed by atoms with Gasteiger partial charge in [-0.1, -0.05) is 0 Å². The molecule has 1 aliphatic heterocycles. The molecular weight excluding hydrogens is 200 g/mol. The minimum atomic E-state index is -1.76. The van der Waals surface area contributed by atoms with E-state index >= 15 is 0 Å². The van der Waals surface area contributed by atoms with Crippen molar-refractivity contribution in [1.29, 1.82) is 0 Å². The molecule has 1 heterocycles. The average Bonchev–Trinajstić information content (AvgIpc) is 2.43. The zero-order valence-electron chi connectivity index (χ0n) is 8.12. The molecule has 15 heavy (non-hydrogen) atoms. The molecule has 0 aromatic heterocycles. The molecule has 6 nitrogen and oxygen atoms in total. The van der Waals surface area contributed by atoms with Gasteiger partial charge in [-0.25, -0.2) is 9.59 Å². The molecule has 0 spiro atoms. The summed E-state index contributed by atoms with van der Waals surface area (Å²) >= 11 is 0. The molecule has 6 heteroatoms. The Labute approximate surface area is 86.4 Å². The van der Waals surface area contributed by atoms with Crippen LogP contribution in [0.25, 0.3) is 0 Å². The maximum absolute atomic E-state index is 11.5. The summed E-state index contributed by atoms with van der Waals surface area (Å²) in [7, 11) is 0. The Bertz CT molecular complexity index is 358. The van der Waals surface area contributed by atoms with Gasteiger partial charge in [0.1, 0.15) is 0 Å². The van der Waals surface area contributed by atoms with Gasteiger partial charge in [0, 0.05) is 0 Å². The number of imide groups is 1. The fraction of sp³-hybridized carbons (Fsp3) is 0.444. The largest absolute Gasteiger partial charge is 0.464 e. The number of rotatable bonds is 3. The third kappa shape index (κ3) is 1.76. The summed E-state index contributed by atoms with van der Waals surface area (Å²) < 4.78 is 4.69. The van der Waals surface area contributed by atoms with Crippen LogP contribution in [0.15, 0.2) is 0 Å². The van der Waals surface area contributed by atoms with Crippen LogP contribution in [-0.2, 0) is 14.3 Å². The first-order valence-electron chi connectivity index (χ1n) is 4.31. The summed E-state index contributed by atoms with van der Waals surface area (Å²) in [4.78, 5) is 33.9. The van der Waals surface area contributed by atoms with Crippen LogP contribution in [0.2, 0.25) is 0 Å². The van der Waals surface area contributed by atoms with Crippen molar-refractivity contribution in [2.24, 2.45) is 0 Å². The first-order valence-corrected chi connectivity index (χ1v) is 4.31. The molecule has 0 aromatic rings. The molecule has 1 aliphatic rings. The number of amides is 3. The van der Waals surface area contributed by atoms with Crippen LogP contribution in [-0.4, -0.2) is 30.1 Å². The highest BCUT2D eigenvalue weighted by molar-refractivity contribution is 6.19. The monoisotopic (exact) mass is 210 g/mol. The normalized spacial score (nSPS) is 24.0. The molecule has 0 aromatic carbocycles. The summed E-state index contributed by atoms with van der Waals surface area (Å²) in [5.41, 5.74) is -1.76. The second-order valence-electron chi connectivity index (χ2n) is 2.91. The van der Waals surface area contributed by atoms with E-state index in [9.17, 15) is 14.4 Å². The second kappa shape index (κ2) is 4.00. The number of terminal acetylenes is 1. The predicted octanol–water partition coefficient (Wildman–Crippen LogP) is -0.849. The first kappa shape index (κ1) is 11.0. The number of carbonyl (C=O) groups excluding carboxylic acids is 3. The van der Waals surface area contributed by atoms with Crippen LogP contribution in [0.4, 0.5) is 4.79 Å². The summed E-state index contributed by atoms with van der Waals surface area (Å²) in [5, 5.41) is 4.13. The molecule has 0 saturated carbocycles. The number of esters is 1. The van der Waals surface area contributed by atoms with Gasteiger partial charge in [-0.2, -0.15) is 0 Å². The van der Waals surface area contributed by atoms with Crippen molar-refractivity contribution in [3.63, 3.8) is 0 Å². The van der Waals surface area contributed by atoms with Crippen LogP contribution in [0, 0.1) is 12.3 Å². The van der Waals surface area contributed by atoms with E-state index in [4.69, 9.17) is 11.2 Å². The number of hydrogen-bond acceptors (Lipinski definition) is 4. The summed E-state index contributed by atoms with van der Waals surface area (Å²) in [5.74, 6) is 0.549. The minimum Gasteiger partial charge on any atom is -0.464 e. The Morgan fingerprint density at radius 3 is 2.67 bits per heavy atom. The van der Waals surface area contributed by atoms with Crippen molar-refractivity contribution < 1.29 is 19.1 Å². The number of nitrogens with one attached hydrogen (secondary N) is 2. The lowest BCUT2D eigenvalue weighted by molar-refractivity contribution is -0.153. The standard InChI is InChI=1S/C9H10N2O4/c1-3-5-9(7(13)15-4-2)6(12)10-8(14)11-9/h1H,4-5H2,2H3,(H2,10,11,12,14). The van der Waals surface area contributed by atoms with Crippen molar-refractivity contribution in [1.82, 2.24) is 10.6 Å². The van der Waals surface area contributed by atoms with Crippen molar-refractivity contribution in [2.45, 2.75) is 18.9 Å². The predicted molar refractivity (Wildman–Crippen MR) is 49.5 cm³/mol. The third-order valence-electron chi connectivity index (χ3n) is 1.93. The van der Waals surface area contributed by atoms with Gasteiger partial charge in [0.25, 0.3) is 5.91 Å². The Morgan fingerprint density at radius 2 is 2.27 bits per heavy atom. The lowest BCUT2D eigenvalue weighted by atomic mass is 9.96. The molecule has 1 atom stereocenters.